The lowest BCUT2D eigenvalue weighted by Gasteiger charge is -2.30. The summed E-state index contributed by atoms with van der Waals surface area (Å²) in [6, 6.07) is 5.53. The number of benzene rings is 1. The number of hydrogen-bond acceptors (Lipinski definition) is 3. The summed E-state index contributed by atoms with van der Waals surface area (Å²) in [6.07, 6.45) is -4.01. The molecule has 2 atom stereocenters. The fourth-order valence-corrected chi connectivity index (χ4v) is 2.64. The Morgan fingerprint density at radius 3 is 2.65 bits per heavy atom. The molecule has 1 aliphatic heterocycles. The molecule has 2 unspecified atom stereocenters. The summed E-state index contributed by atoms with van der Waals surface area (Å²) in [5.41, 5.74) is -0.390. The number of ether oxygens (including phenoxy) is 1. The Hall–Kier alpha value is -1.56. The van der Waals surface area contributed by atoms with Gasteiger partial charge in [0, 0.05) is 13.1 Å². The Bertz CT molecular complexity index is 488. The van der Waals surface area contributed by atoms with Crippen molar-refractivity contribution in [2.75, 3.05) is 20.2 Å². The smallest absolute Gasteiger partial charge is 0.416 e. The van der Waals surface area contributed by atoms with Crippen LogP contribution in [0.3, 0.4) is 0 Å². The van der Waals surface area contributed by atoms with Crippen LogP contribution in [-0.2, 0) is 15.7 Å². The van der Waals surface area contributed by atoms with Gasteiger partial charge in [-0.1, -0.05) is 18.2 Å². The van der Waals surface area contributed by atoms with Gasteiger partial charge in [0.2, 0.25) is 0 Å². The molecule has 0 amide bonds. The minimum atomic E-state index is -4.38. The van der Waals surface area contributed by atoms with Gasteiger partial charge in [-0.2, -0.15) is 13.2 Å². The van der Waals surface area contributed by atoms with Crippen LogP contribution in [0.4, 0.5) is 13.2 Å². The third-order valence-corrected chi connectivity index (χ3v) is 3.59. The van der Waals surface area contributed by atoms with Crippen molar-refractivity contribution in [3.63, 3.8) is 0 Å². The average molecular weight is 287 g/mol. The van der Waals surface area contributed by atoms with E-state index in [1.165, 1.54) is 19.2 Å². The van der Waals surface area contributed by atoms with Crippen molar-refractivity contribution < 1.29 is 22.7 Å². The summed E-state index contributed by atoms with van der Waals surface area (Å²) in [5.74, 6) is -1.13. The summed E-state index contributed by atoms with van der Waals surface area (Å²) >= 11 is 0. The van der Waals surface area contributed by atoms with E-state index in [4.69, 9.17) is 0 Å². The van der Waals surface area contributed by atoms with Crippen molar-refractivity contribution in [3.8, 4) is 0 Å². The molecule has 1 N–H and O–H groups in total. The predicted octanol–water partition coefficient (Wildman–Crippen LogP) is 2.57. The fraction of sp³-hybridized carbons (Fsp3) is 0.500. The van der Waals surface area contributed by atoms with Gasteiger partial charge in [0.05, 0.1) is 18.6 Å². The van der Waals surface area contributed by atoms with Gasteiger partial charge in [-0.05, 0) is 24.0 Å². The van der Waals surface area contributed by atoms with Crippen LogP contribution in [-0.4, -0.2) is 26.2 Å². The Morgan fingerprint density at radius 1 is 1.30 bits per heavy atom. The molecule has 20 heavy (non-hydrogen) atoms. The molecule has 0 radical (unpaired) electrons. The van der Waals surface area contributed by atoms with Gasteiger partial charge in [-0.25, -0.2) is 0 Å². The maximum atomic E-state index is 13.0. The van der Waals surface area contributed by atoms with Crippen LogP contribution < -0.4 is 5.32 Å². The van der Waals surface area contributed by atoms with Crippen LogP contribution in [0.2, 0.25) is 0 Å². The number of carbonyl (C=O) groups excluding carboxylic acids is 1. The number of rotatable bonds is 2. The first-order valence-electron chi connectivity index (χ1n) is 6.38. The molecule has 1 saturated heterocycles. The van der Waals surface area contributed by atoms with E-state index in [2.05, 4.69) is 10.1 Å². The number of halogens is 3. The fourth-order valence-electron chi connectivity index (χ4n) is 2.64. The van der Waals surface area contributed by atoms with Gasteiger partial charge in [0.25, 0.3) is 0 Å². The van der Waals surface area contributed by atoms with E-state index in [-0.39, 0.29) is 17.5 Å². The van der Waals surface area contributed by atoms with Crippen LogP contribution in [0, 0.1) is 5.92 Å². The highest BCUT2D eigenvalue weighted by Crippen LogP contribution is 2.37. The summed E-state index contributed by atoms with van der Waals surface area (Å²) in [5, 5.41) is 3.01. The molecule has 1 aromatic carbocycles. The summed E-state index contributed by atoms with van der Waals surface area (Å²) in [6.45, 7) is 0.873. The topological polar surface area (TPSA) is 38.3 Å². The van der Waals surface area contributed by atoms with Crippen LogP contribution in [0.5, 0.6) is 0 Å². The van der Waals surface area contributed by atoms with E-state index in [0.29, 0.717) is 19.5 Å². The lowest BCUT2D eigenvalue weighted by atomic mass is 9.83. The normalized spacial score (nSPS) is 23.4. The molecule has 0 aliphatic carbocycles. The van der Waals surface area contributed by atoms with Crippen molar-refractivity contribution in [1.82, 2.24) is 5.32 Å². The van der Waals surface area contributed by atoms with Crippen LogP contribution in [0.25, 0.3) is 0 Å². The van der Waals surface area contributed by atoms with Gasteiger partial charge >= 0.3 is 12.1 Å². The first-order valence-corrected chi connectivity index (χ1v) is 6.38. The van der Waals surface area contributed by atoms with Gasteiger partial charge < -0.3 is 10.1 Å². The molecule has 0 spiro atoms. The monoisotopic (exact) mass is 287 g/mol. The standard InChI is InChI=1S/C14H16F3NO2/c1-20-13(19)10-6-9(7-18-8-10)11-4-2-3-5-12(11)14(15,16)17/h2-5,9-10,18H,6-8H2,1H3. The summed E-state index contributed by atoms with van der Waals surface area (Å²) in [7, 11) is 1.29. The second-order valence-electron chi connectivity index (χ2n) is 4.90. The maximum Gasteiger partial charge on any atom is 0.416 e. The molecule has 1 heterocycles. The molecular formula is C14H16F3NO2. The van der Waals surface area contributed by atoms with Crippen molar-refractivity contribution in [1.29, 1.82) is 0 Å². The molecule has 3 nitrogen and oxygen atoms in total. The van der Waals surface area contributed by atoms with Crippen LogP contribution >= 0.6 is 0 Å². The summed E-state index contributed by atoms with van der Waals surface area (Å²) in [4.78, 5) is 11.5. The highest BCUT2D eigenvalue weighted by molar-refractivity contribution is 5.72. The Labute approximate surface area is 115 Å². The second kappa shape index (κ2) is 5.83. The number of alkyl halides is 3. The van der Waals surface area contributed by atoms with Crippen LogP contribution in [0.1, 0.15) is 23.5 Å². The predicted molar refractivity (Wildman–Crippen MR) is 67.2 cm³/mol. The quantitative estimate of drug-likeness (QED) is 0.850. The first kappa shape index (κ1) is 14.8. The van der Waals surface area contributed by atoms with Crippen molar-refractivity contribution in [2.45, 2.75) is 18.5 Å². The van der Waals surface area contributed by atoms with Gasteiger partial charge in [0.15, 0.2) is 0 Å². The number of methoxy groups -OCH3 is 1. The molecule has 110 valence electrons. The molecule has 1 aliphatic rings. The third-order valence-electron chi connectivity index (χ3n) is 3.59. The number of piperidine rings is 1. The van der Waals surface area contributed by atoms with E-state index in [1.807, 2.05) is 0 Å². The molecule has 2 rings (SSSR count). The largest absolute Gasteiger partial charge is 0.469 e. The third kappa shape index (κ3) is 3.12. The molecule has 1 fully saturated rings. The second-order valence-corrected chi connectivity index (χ2v) is 4.90. The van der Waals surface area contributed by atoms with Crippen molar-refractivity contribution >= 4 is 5.97 Å². The SMILES string of the molecule is COC(=O)C1CNCC(c2ccccc2C(F)(F)F)C1. The van der Waals surface area contributed by atoms with Crippen LogP contribution in [0.15, 0.2) is 24.3 Å². The molecule has 0 saturated carbocycles. The van der Waals surface area contributed by atoms with Gasteiger partial charge in [0.1, 0.15) is 0 Å². The Kier molecular flexibility index (Phi) is 4.32. The number of nitrogens with one attached hydrogen (secondary N) is 1. The van der Waals surface area contributed by atoms with E-state index in [1.54, 1.807) is 6.07 Å². The molecule has 6 heteroatoms. The van der Waals surface area contributed by atoms with E-state index >= 15 is 0 Å². The Morgan fingerprint density at radius 2 is 2.00 bits per heavy atom. The molecule has 1 aromatic rings. The van der Waals surface area contributed by atoms with Crippen molar-refractivity contribution in [2.24, 2.45) is 5.92 Å². The molecular weight excluding hydrogens is 271 g/mol. The minimum absolute atomic E-state index is 0.237. The van der Waals surface area contributed by atoms with Gasteiger partial charge in [-0.15, -0.1) is 0 Å². The molecule has 0 aromatic heterocycles. The van der Waals surface area contributed by atoms with E-state index < -0.39 is 17.7 Å². The first-order chi connectivity index (χ1) is 9.43. The summed E-state index contributed by atoms with van der Waals surface area (Å²) < 4.78 is 43.7. The zero-order valence-electron chi connectivity index (χ0n) is 11.0. The number of hydrogen-bond donors (Lipinski definition) is 1. The Balaban J connectivity index is 2.26. The number of esters is 1. The minimum Gasteiger partial charge on any atom is -0.469 e. The van der Waals surface area contributed by atoms with Crippen molar-refractivity contribution in [3.05, 3.63) is 35.4 Å². The average Bonchev–Trinajstić information content (AvgIpc) is 2.45. The highest BCUT2D eigenvalue weighted by Gasteiger charge is 2.37. The maximum absolute atomic E-state index is 13.0. The molecule has 0 bridgehead atoms. The lowest BCUT2D eigenvalue weighted by Crippen LogP contribution is -2.39. The van der Waals surface area contributed by atoms with Gasteiger partial charge in [-0.3, -0.25) is 4.79 Å². The zero-order chi connectivity index (χ0) is 14.8. The lowest BCUT2D eigenvalue weighted by molar-refractivity contribution is -0.146. The van der Waals surface area contributed by atoms with E-state index in [0.717, 1.165) is 6.07 Å². The number of carbonyl (C=O) groups is 1. The zero-order valence-corrected chi connectivity index (χ0v) is 11.0. The highest BCUT2D eigenvalue weighted by atomic mass is 19.4. The van der Waals surface area contributed by atoms with E-state index in [9.17, 15) is 18.0 Å².